The number of carbonyl (C=O) groups is 1. The van der Waals surface area contributed by atoms with Gasteiger partial charge in [0.1, 0.15) is 0 Å². The van der Waals surface area contributed by atoms with Crippen molar-refractivity contribution in [3.8, 4) is 0 Å². The smallest absolute Gasteiger partial charge is 0.227 e. The molecule has 2 fully saturated rings. The van der Waals surface area contributed by atoms with Crippen LogP contribution in [-0.2, 0) is 4.79 Å². The highest BCUT2D eigenvalue weighted by molar-refractivity contribution is 7.80. The number of anilines is 3. The summed E-state index contributed by atoms with van der Waals surface area (Å²) in [6.45, 7) is 5.23. The van der Waals surface area contributed by atoms with Crippen LogP contribution in [0.2, 0.25) is 0 Å². The minimum Gasteiger partial charge on any atom is -0.372 e. The largest absolute Gasteiger partial charge is 0.372 e. The quantitative estimate of drug-likeness (QED) is 0.715. The van der Waals surface area contributed by atoms with Gasteiger partial charge in [0.15, 0.2) is 5.11 Å². The normalized spacial score (nSPS) is 17.5. The van der Waals surface area contributed by atoms with Crippen LogP contribution >= 0.6 is 12.2 Å². The van der Waals surface area contributed by atoms with Gasteiger partial charge in [0.05, 0.1) is 6.04 Å². The molecule has 0 spiro atoms. The Morgan fingerprint density at radius 2 is 1.59 bits per heavy atom. The van der Waals surface area contributed by atoms with Crippen LogP contribution in [-0.4, -0.2) is 30.7 Å². The second-order valence-electron chi connectivity index (χ2n) is 7.80. The number of amides is 1. The minimum absolute atomic E-state index is 0.115. The Bertz CT molecular complexity index is 859. The maximum Gasteiger partial charge on any atom is 0.227 e. The lowest BCUT2D eigenvalue weighted by atomic mass is 10.1. The van der Waals surface area contributed by atoms with Crippen LogP contribution in [0, 0.1) is 0 Å². The summed E-state index contributed by atoms with van der Waals surface area (Å²) in [5.41, 5.74) is 4.37. The fraction of sp³-hybridized carbons (Fsp3) is 0.391. The molecule has 0 radical (unpaired) electrons. The summed E-state index contributed by atoms with van der Waals surface area (Å²) in [5, 5.41) is 7.18. The molecule has 2 heterocycles. The van der Waals surface area contributed by atoms with Crippen LogP contribution < -0.4 is 20.4 Å². The van der Waals surface area contributed by atoms with Crippen LogP contribution in [0.15, 0.2) is 48.5 Å². The van der Waals surface area contributed by atoms with E-state index in [9.17, 15) is 4.79 Å². The predicted molar refractivity (Wildman–Crippen MR) is 124 cm³/mol. The second-order valence-corrected chi connectivity index (χ2v) is 8.21. The molecule has 5 nitrogen and oxygen atoms in total. The Morgan fingerprint density at radius 3 is 2.21 bits per heavy atom. The van der Waals surface area contributed by atoms with E-state index in [0.717, 1.165) is 37.4 Å². The molecule has 0 unspecified atom stereocenters. The summed E-state index contributed by atoms with van der Waals surface area (Å²) < 4.78 is 0. The van der Waals surface area contributed by atoms with E-state index in [-0.39, 0.29) is 11.9 Å². The van der Waals surface area contributed by atoms with Gasteiger partial charge in [-0.3, -0.25) is 4.79 Å². The topological polar surface area (TPSA) is 47.6 Å². The number of rotatable bonds is 5. The van der Waals surface area contributed by atoms with E-state index in [4.69, 9.17) is 12.2 Å². The predicted octanol–water partition coefficient (Wildman–Crippen LogP) is 4.46. The van der Waals surface area contributed by atoms with Crippen molar-refractivity contribution >= 4 is 40.3 Å². The molecule has 2 aliphatic rings. The molecule has 1 amide bonds. The third-order valence-electron chi connectivity index (χ3n) is 5.72. The zero-order chi connectivity index (χ0) is 20.2. The van der Waals surface area contributed by atoms with Crippen molar-refractivity contribution < 1.29 is 4.79 Å². The third-order valence-corrected chi connectivity index (χ3v) is 5.94. The molecule has 6 heteroatoms. The van der Waals surface area contributed by atoms with Crippen molar-refractivity contribution in [2.75, 3.05) is 34.8 Å². The number of benzene rings is 2. The van der Waals surface area contributed by atoms with Gasteiger partial charge in [0.25, 0.3) is 0 Å². The van der Waals surface area contributed by atoms with E-state index in [1.165, 1.54) is 24.1 Å². The van der Waals surface area contributed by atoms with Crippen LogP contribution in [0.3, 0.4) is 0 Å². The molecule has 1 atom stereocenters. The van der Waals surface area contributed by atoms with Crippen molar-refractivity contribution in [3.05, 3.63) is 54.1 Å². The molecule has 0 bridgehead atoms. The molecule has 0 saturated carbocycles. The first-order chi connectivity index (χ1) is 14.1. The molecule has 2 aromatic rings. The van der Waals surface area contributed by atoms with Gasteiger partial charge < -0.3 is 20.4 Å². The van der Waals surface area contributed by atoms with Crippen LogP contribution in [0.25, 0.3) is 0 Å². The number of carbonyl (C=O) groups excluding carboxylic acids is 1. The molecule has 2 aromatic carbocycles. The molecule has 2 saturated heterocycles. The zero-order valence-electron chi connectivity index (χ0n) is 16.9. The van der Waals surface area contributed by atoms with Gasteiger partial charge in [-0.1, -0.05) is 12.1 Å². The Morgan fingerprint density at radius 1 is 0.931 bits per heavy atom. The van der Waals surface area contributed by atoms with Crippen molar-refractivity contribution in [2.45, 2.75) is 38.6 Å². The summed E-state index contributed by atoms with van der Waals surface area (Å²) in [6.07, 6.45) is 4.15. The first-order valence-electron chi connectivity index (χ1n) is 10.4. The van der Waals surface area contributed by atoms with Gasteiger partial charge in [-0.15, -0.1) is 0 Å². The molecular formula is C23H28N4OS. The van der Waals surface area contributed by atoms with E-state index in [0.29, 0.717) is 11.5 Å². The molecule has 4 rings (SSSR count). The SMILES string of the molecule is C[C@@H](NC(=S)Nc1ccc(N2CCCC2=O)cc1)c1ccc(N2CCCC2)cc1. The molecular weight excluding hydrogens is 380 g/mol. The Labute approximate surface area is 178 Å². The Kier molecular flexibility index (Phi) is 6.00. The lowest BCUT2D eigenvalue weighted by Gasteiger charge is -2.21. The summed E-state index contributed by atoms with van der Waals surface area (Å²) in [5.74, 6) is 0.201. The summed E-state index contributed by atoms with van der Waals surface area (Å²) >= 11 is 5.49. The molecule has 2 N–H and O–H groups in total. The summed E-state index contributed by atoms with van der Waals surface area (Å²) in [7, 11) is 0. The third kappa shape index (κ3) is 4.70. The number of hydrogen-bond donors (Lipinski definition) is 2. The van der Waals surface area contributed by atoms with Crippen LogP contribution in [0.5, 0.6) is 0 Å². The van der Waals surface area contributed by atoms with E-state index < -0.39 is 0 Å². The Hall–Kier alpha value is -2.60. The fourth-order valence-electron chi connectivity index (χ4n) is 4.04. The van der Waals surface area contributed by atoms with Crippen molar-refractivity contribution in [3.63, 3.8) is 0 Å². The second kappa shape index (κ2) is 8.82. The van der Waals surface area contributed by atoms with Crippen LogP contribution in [0.4, 0.5) is 17.1 Å². The maximum atomic E-state index is 11.9. The first kappa shape index (κ1) is 19.7. The standard InChI is InChI=1S/C23H28N4OS/c1-17(18-6-10-20(11-7-18)26-14-2-3-15-26)24-23(29)25-19-8-12-21(13-9-19)27-16-4-5-22(27)28/h6-13,17H,2-5,14-16H2,1H3,(H2,24,25,29)/t17-/m1/s1. The number of hydrogen-bond acceptors (Lipinski definition) is 3. The molecule has 152 valence electrons. The Balaban J connectivity index is 1.31. The summed E-state index contributed by atoms with van der Waals surface area (Å²) in [4.78, 5) is 16.1. The van der Waals surface area contributed by atoms with E-state index in [2.05, 4.69) is 46.7 Å². The number of nitrogens with zero attached hydrogens (tertiary/aromatic N) is 2. The van der Waals surface area contributed by atoms with Crippen molar-refractivity contribution in [1.82, 2.24) is 5.32 Å². The van der Waals surface area contributed by atoms with Crippen LogP contribution in [0.1, 0.15) is 44.2 Å². The molecule has 2 aliphatic heterocycles. The highest BCUT2D eigenvalue weighted by Gasteiger charge is 2.21. The van der Waals surface area contributed by atoms with E-state index in [1.54, 1.807) is 0 Å². The first-order valence-corrected chi connectivity index (χ1v) is 10.8. The van der Waals surface area contributed by atoms with Crippen molar-refractivity contribution in [2.24, 2.45) is 0 Å². The van der Waals surface area contributed by atoms with Gasteiger partial charge in [-0.05, 0) is 80.4 Å². The van der Waals surface area contributed by atoms with E-state index >= 15 is 0 Å². The lowest BCUT2D eigenvalue weighted by Crippen LogP contribution is -2.31. The molecule has 29 heavy (non-hydrogen) atoms. The highest BCUT2D eigenvalue weighted by Crippen LogP contribution is 2.24. The molecule has 0 aromatic heterocycles. The van der Waals surface area contributed by atoms with Gasteiger partial charge in [-0.2, -0.15) is 0 Å². The van der Waals surface area contributed by atoms with Crippen molar-refractivity contribution in [1.29, 1.82) is 0 Å². The minimum atomic E-state index is 0.115. The average molecular weight is 409 g/mol. The van der Waals surface area contributed by atoms with E-state index in [1.807, 2.05) is 29.2 Å². The monoisotopic (exact) mass is 408 g/mol. The van der Waals surface area contributed by atoms with Gasteiger partial charge in [0, 0.05) is 43.1 Å². The van der Waals surface area contributed by atoms with Gasteiger partial charge in [0.2, 0.25) is 5.91 Å². The highest BCUT2D eigenvalue weighted by atomic mass is 32.1. The van der Waals surface area contributed by atoms with Gasteiger partial charge in [-0.25, -0.2) is 0 Å². The number of thiocarbonyl (C=S) groups is 1. The number of nitrogens with one attached hydrogen (secondary N) is 2. The molecule has 0 aliphatic carbocycles. The lowest BCUT2D eigenvalue weighted by molar-refractivity contribution is -0.117. The van der Waals surface area contributed by atoms with Gasteiger partial charge >= 0.3 is 0 Å². The average Bonchev–Trinajstić information content (AvgIpc) is 3.41. The summed E-state index contributed by atoms with van der Waals surface area (Å²) in [6, 6.07) is 16.7. The zero-order valence-corrected chi connectivity index (χ0v) is 17.7. The fourth-order valence-corrected chi connectivity index (χ4v) is 4.34. The maximum absolute atomic E-state index is 11.9.